The first-order chi connectivity index (χ1) is 6.15. The number of amides is 2. The van der Waals surface area contributed by atoms with Crippen LogP contribution in [0.15, 0.2) is 23.9 Å². The van der Waals surface area contributed by atoms with E-state index >= 15 is 0 Å². The quantitative estimate of drug-likeness (QED) is 0.467. The summed E-state index contributed by atoms with van der Waals surface area (Å²) in [5, 5.41) is 2.69. The van der Waals surface area contributed by atoms with Crippen LogP contribution >= 0.6 is 22.9 Å². The summed E-state index contributed by atoms with van der Waals surface area (Å²) in [5.74, 6) is -0.792. The van der Waals surface area contributed by atoms with E-state index in [9.17, 15) is 9.59 Å². The molecule has 0 aromatic rings. The van der Waals surface area contributed by atoms with Crippen molar-refractivity contribution in [3.05, 3.63) is 23.9 Å². The van der Waals surface area contributed by atoms with Gasteiger partial charge in [0, 0.05) is 0 Å². The van der Waals surface area contributed by atoms with Gasteiger partial charge in [0.25, 0.3) is 11.8 Å². The van der Waals surface area contributed by atoms with Gasteiger partial charge >= 0.3 is 0 Å². The first-order valence-electron chi connectivity index (χ1n) is 3.50. The molecule has 5 nitrogen and oxygen atoms in total. The smallest absolute Gasteiger partial charge is 0.264 e. The van der Waals surface area contributed by atoms with Gasteiger partial charge in [0.2, 0.25) is 0 Å². The molecule has 0 unspecified atom stereocenters. The van der Waals surface area contributed by atoms with Crippen molar-refractivity contribution in [2.24, 2.45) is 5.73 Å². The van der Waals surface area contributed by atoms with Crippen molar-refractivity contribution in [3.63, 3.8) is 0 Å². The maximum Gasteiger partial charge on any atom is 0.264 e. The van der Waals surface area contributed by atoms with E-state index in [1.54, 1.807) is 35.0 Å². The largest absolute Gasteiger partial charge is 0.366 e. The normalized spacial score (nSPS) is 20.1. The molecule has 13 heavy (non-hydrogen) atoms. The molecule has 70 valence electrons. The summed E-state index contributed by atoms with van der Waals surface area (Å²) in [4.78, 5) is 21.9. The van der Waals surface area contributed by atoms with Gasteiger partial charge in [-0.05, 0) is 6.08 Å². The fourth-order valence-corrected chi connectivity index (χ4v) is 1.23. The van der Waals surface area contributed by atoms with Crippen LogP contribution in [0.3, 0.4) is 0 Å². The maximum absolute atomic E-state index is 11.1. The monoisotopic (exact) mass is 293 g/mol. The fraction of sp³-hybridized carbons (Fsp3) is 0.143. The molecule has 1 heterocycles. The van der Waals surface area contributed by atoms with Gasteiger partial charge in [-0.25, -0.2) is 0 Å². The Labute approximate surface area is 88.9 Å². The van der Waals surface area contributed by atoms with Gasteiger partial charge in [-0.1, -0.05) is 12.2 Å². The topological polar surface area (TPSA) is 84.2 Å². The summed E-state index contributed by atoms with van der Waals surface area (Å²) < 4.78 is 2.43. The van der Waals surface area contributed by atoms with Crippen LogP contribution in [-0.2, 0) is 9.59 Å². The van der Waals surface area contributed by atoms with Crippen molar-refractivity contribution in [1.29, 1.82) is 0 Å². The highest BCUT2D eigenvalue weighted by atomic mass is 127. The van der Waals surface area contributed by atoms with Crippen LogP contribution in [0, 0.1) is 0 Å². The zero-order chi connectivity index (χ0) is 9.84. The number of halogens is 1. The summed E-state index contributed by atoms with van der Waals surface area (Å²) in [6.07, 6.45) is 4.78. The highest BCUT2D eigenvalue weighted by Crippen LogP contribution is 2.02. The van der Waals surface area contributed by atoms with E-state index in [1.165, 1.54) is 6.08 Å². The number of rotatable bonds is 2. The molecule has 0 aromatic heterocycles. The van der Waals surface area contributed by atoms with Gasteiger partial charge in [-0.15, -0.1) is 0 Å². The SMILES string of the molecule is NC(=O)C1=CC=C[C@H](C(=O)NI)N1. The lowest BCUT2D eigenvalue weighted by atomic mass is 10.1. The molecular formula is C7H8IN3O2. The Kier molecular flexibility index (Phi) is 3.29. The van der Waals surface area contributed by atoms with E-state index < -0.39 is 11.9 Å². The van der Waals surface area contributed by atoms with Crippen LogP contribution < -0.4 is 14.6 Å². The molecule has 0 aromatic carbocycles. The molecule has 1 rings (SSSR count). The molecule has 1 aliphatic rings. The number of carbonyl (C=O) groups excluding carboxylic acids is 2. The third-order valence-corrected chi connectivity index (χ3v) is 2.05. The Morgan fingerprint density at radius 1 is 1.62 bits per heavy atom. The molecular weight excluding hydrogens is 285 g/mol. The van der Waals surface area contributed by atoms with Crippen LogP contribution in [0.5, 0.6) is 0 Å². The molecule has 2 amide bonds. The third kappa shape index (κ3) is 2.44. The predicted octanol–water partition coefficient (Wildman–Crippen LogP) is -0.650. The van der Waals surface area contributed by atoms with Gasteiger partial charge in [-0.3, -0.25) is 13.1 Å². The second-order valence-electron chi connectivity index (χ2n) is 2.41. The molecule has 1 aliphatic heterocycles. The lowest BCUT2D eigenvalue weighted by Gasteiger charge is -2.17. The molecule has 0 saturated carbocycles. The van der Waals surface area contributed by atoms with Crippen LogP contribution in [0.25, 0.3) is 0 Å². The molecule has 0 fully saturated rings. The number of carbonyl (C=O) groups is 2. The van der Waals surface area contributed by atoms with Crippen molar-refractivity contribution in [2.45, 2.75) is 6.04 Å². The average Bonchev–Trinajstić information content (AvgIpc) is 2.17. The van der Waals surface area contributed by atoms with Gasteiger partial charge in [0.15, 0.2) is 0 Å². The lowest BCUT2D eigenvalue weighted by Crippen LogP contribution is -2.43. The number of allylic oxidation sites excluding steroid dienone is 2. The second-order valence-corrected chi connectivity index (χ2v) is 2.95. The molecule has 6 heteroatoms. The average molecular weight is 293 g/mol. The third-order valence-electron chi connectivity index (χ3n) is 1.52. The van der Waals surface area contributed by atoms with E-state index in [0.717, 1.165) is 0 Å². The summed E-state index contributed by atoms with van der Waals surface area (Å²) in [7, 11) is 0. The van der Waals surface area contributed by atoms with Crippen LogP contribution in [0.2, 0.25) is 0 Å². The summed E-state index contributed by atoms with van der Waals surface area (Å²) in [6, 6.07) is -0.524. The summed E-state index contributed by atoms with van der Waals surface area (Å²) >= 11 is 1.73. The molecule has 0 bridgehead atoms. The summed E-state index contributed by atoms with van der Waals surface area (Å²) in [6.45, 7) is 0. The highest BCUT2D eigenvalue weighted by molar-refractivity contribution is 14.1. The molecule has 1 atom stereocenters. The van der Waals surface area contributed by atoms with Crippen LogP contribution in [0.4, 0.5) is 0 Å². The molecule has 0 aliphatic carbocycles. The van der Waals surface area contributed by atoms with E-state index in [1.807, 2.05) is 0 Å². The second kappa shape index (κ2) is 4.26. The number of hydrogen-bond donors (Lipinski definition) is 3. The van der Waals surface area contributed by atoms with Crippen molar-refractivity contribution >= 4 is 34.7 Å². The Hall–Kier alpha value is -1.05. The van der Waals surface area contributed by atoms with Gasteiger partial charge in [0.1, 0.15) is 11.7 Å². The molecule has 4 N–H and O–H groups in total. The van der Waals surface area contributed by atoms with Crippen molar-refractivity contribution in [1.82, 2.24) is 8.85 Å². The Bertz CT molecular complexity index is 298. The predicted molar refractivity (Wildman–Crippen MR) is 55.5 cm³/mol. The lowest BCUT2D eigenvalue weighted by molar-refractivity contribution is -0.119. The highest BCUT2D eigenvalue weighted by Gasteiger charge is 2.19. The van der Waals surface area contributed by atoms with Gasteiger partial charge < -0.3 is 11.1 Å². The van der Waals surface area contributed by atoms with E-state index in [4.69, 9.17) is 5.73 Å². The minimum atomic E-state index is -0.574. The first kappa shape index (κ1) is 10.0. The number of nitrogens with one attached hydrogen (secondary N) is 2. The van der Waals surface area contributed by atoms with Crippen LogP contribution in [0.1, 0.15) is 0 Å². The van der Waals surface area contributed by atoms with E-state index in [0.29, 0.717) is 0 Å². The number of hydrogen-bond acceptors (Lipinski definition) is 3. The Morgan fingerprint density at radius 2 is 2.31 bits per heavy atom. The molecule has 0 saturated heterocycles. The van der Waals surface area contributed by atoms with Gasteiger partial charge in [0.05, 0.1) is 22.9 Å². The van der Waals surface area contributed by atoms with Crippen molar-refractivity contribution in [2.75, 3.05) is 0 Å². The van der Waals surface area contributed by atoms with Crippen LogP contribution in [-0.4, -0.2) is 17.9 Å². The Morgan fingerprint density at radius 3 is 2.85 bits per heavy atom. The van der Waals surface area contributed by atoms with Crippen molar-refractivity contribution in [3.8, 4) is 0 Å². The van der Waals surface area contributed by atoms with E-state index in [2.05, 4.69) is 8.85 Å². The number of nitrogens with two attached hydrogens (primary N) is 1. The fourth-order valence-electron chi connectivity index (χ4n) is 0.892. The zero-order valence-corrected chi connectivity index (χ0v) is 8.74. The maximum atomic E-state index is 11.1. The summed E-state index contributed by atoms with van der Waals surface area (Å²) in [5.41, 5.74) is 5.28. The zero-order valence-electron chi connectivity index (χ0n) is 6.58. The van der Waals surface area contributed by atoms with E-state index in [-0.39, 0.29) is 11.6 Å². The Balaban J connectivity index is 2.70. The van der Waals surface area contributed by atoms with Crippen molar-refractivity contribution < 1.29 is 9.59 Å². The minimum absolute atomic E-state index is 0.219. The number of dihydropyridines is 1. The molecule has 0 radical (unpaired) electrons. The van der Waals surface area contributed by atoms with Gasteiger partial charge in [-0.2, -0.15) is 0 Å². The first-order valence-corrected chi connectivity index (χ1v) is 4.58. The standard InChI is InChI=1S/C7H8IN3O2/c8-11-7(13)5-3-1-2-4(10-5)6(9)12/h1-3,5,10H,(H2,9,12)(H,11,13)/t5-/m1/s1. The molecule has 0 spiro atoms. The number of primary amides is 1. The minimum Gasteiger partial charge on any atom is -0.366 e.